The van der Waals surface area contributed by atoms with E-state index in [-0.39, 0.29) is 50.1 Å². The Balaban J connectivity index is 1.93. The van der Waals surface area contributed by atoms with Gasteiger partial charge in [0.15, 0.2) is 0 Å². The van der Waals surface area contributed by atoms with E-state index in [1.165, 1.54) is 12.6 Å². The van der Waals surface area contributed by atoms with Crippen LogP contribution in [0.15, 0.2) is 18.3 Å². The second-order valence-electron chi connectivity index (χ2n) is 6.82. The van der Waals surface area contributed by atoms with Crippen LogP contribution in [-0.4, -0.2) is 33.9 Å². The van der Waals surface area contributed by atoms with Crippen LogP contribution in [0.2, 0.25) is 0 Å². The van der Waals surface area contributed by atoms with E-state index in [1.807, 2.05) is 0 Å². The first kappa shape index (κ1) is 20.2. The molecule has 2 atom stereocenters. The number of carbonyl (C=O) groups excluding carboxylic acids is 2. The van der Waals surface area contributed by atoms with E-state index in [1.54, 1.807) is 12.1 Å². The van der Waals surface area contributed by atoms with Gasteiger partial charge in [-0.05, 0) is 49.7 Å². The molecule has 0 spiro atoms. The molecule has 1 aliphatic carbocycles. The van der Waals surface area contributed by atoms with E-state index < -0.39 is 29.8 Å². The average molecular weight is 368 g/mol. The molecule has 1 radical (unpaired) electrons. The zero-order chi connectivity index (χ0) is 19.3. The van der Waals surface area contributed by atoms with Gasteiger partial charge < -0.3 is 16.6 Å². The van der Waals surface area contributed by atoms with E-state index in [0.29, 0.717) is 5.56 Å². The molecule has 1 aliphatic rings. The molecule has 2 amide bonds. The van der Waals surface area contributed by atoms with Gasteiger partial charge in [-0.3, -0.25) is 14.6 Å². The number of aromatic nitrogens is 1. The topological polar surface area (TPSA) is 119 Å². The van der Waals surface area contributed by atoms with Crippen molar-refractivity contribution in [2.75, 3.05) is 0 Å². The van der Waals surface area contributed by atoms with Crippen LogP contribution in [0.1, 0.15) is 48.2 Å². The summed E-state index contributed by atoms with van der Waals surface area (Å²) in [7, 11) is 0. The minimum absolute atomic E-state index is 0.0672. The van der Waals surface area contributed by atoms with Crippen molar-refractivity contribution in [2.45, 2.75) is 50.6 Å². The zero-order valence-corrected chi connectivity index (χ0v) is 14.4. The Morgan fingerprint density at radius 1 is 1.35 bits per heavy atom. The smallest absolute Gasteiger partial charge is 0.267 e. The maximum Gasteiger partial charge on any atom is 0.267 e. The summed E-state index contributed by atoms with van der Waals surface area (Å²) in [6.45, 7) is 0. The van der Waals surface area contributed by atoms with Crippen LogP contribution in [0.3, 0.4) is 0 Å². The minimum Gasteiger partial charge on any atom is -0.393 e. The van der Waals surface area contributed by atoms with Crippen LogP contribution in [0.4, 0.5) is 8.78 Å². The molecule has 0 bridgehead atoms. The number of nitrogens with two attached hydrogens (primary N) is 2. The summed E-state index contributed by atoms with van der Waals surface area (Å²) in [6, 6.07) is 3.32. The van der Waals surface area contributed by atoms with Crippen LogP contribution in [0.5, 0.6) is 0 Å². The number of pyridine rings is 1. The average Bonchev–Trinajstić information content (AvgIpc) is 2.58. The van der Waals surface area contributed by atoms with Crippen molar-refractivity contribution in [1.82, 2.24) is 4.98 Å². The van der Waals surface area contributed by atoms with Crippen molar-refractivity contribution in [1.29, 1.82) is 0 Å². The normalized spacial score (nSPS) is 19.7. The Bertz CT molecular complexity index is 644. The molecule has 0 saturated heterocycles. The van der Waals surface area contributed by atoms with Gasteiger partial charge in [0.25, 0.3) is 5.91 Å². The molecule has 1 aromatic heterocycles. The summed E-state index contributed by atoms with van der Waals surface area (Å²) in [4.78, 5) is 27.0. The number of aliphatic hydroxyl groups is 1. The quantitative estimate of drug-likeness (QED) is 0.646. The summed E-state index contributed by atoms with van der Waals surface area (Å²) in [5.41, 5.74) is 11.4. The van der Waals surface area contributed by atoms with Crippen molar-refractivity contribution in [3.63, 3.8) is 0 Å². The number of primary amides is 2. The summed E-state index contributed by atoms with van der Waals surface area (Å²) in [5, 5.41) is 10.2. The van der Waals surface area contributed by atoms with E-state index in [0.717, 1.165) is 0 Å². The number of rotatable bonds is 8. The number of halogens is 2. The molecule has 1 saturated carbocycles. The number of amides is 2. The van der Waals surface area contributed by atoms with Crippen LogP contribution in [0.25, 0.3) is 0 Å². The van der Waals surface area contributed by atoms with Crippen molar-refractivity contribution in [2.24, 2.45) is 23.3 Å². The highest BCUT2D eigenvalue weighted by Crippen LogP contribution is 2.40. The first-order valence-electron chi connectivity index (χ1n) is 8.62. The maximum atomic E-state index is 13.3. The van der Waals surface area contributed by atoms with E-state index in [2.05, 4.69) is 4.98 Å². The van der Waals surface area contributed by atoms with Gasteiger partial charge in [0.05, 0.1) is 6.10 Å². The molecule has 5 N–H and O–H groups in total. The Labute approximate surface area is 151 Å². The number of hydrogen-bond acceptors (Lipinski definition) is 4. The molecule has 1 fully saturated rings. The number of carbonyl (C=O) groups is 2. The lowest BCUT2D eigenvalue weighted by Gasteiger charge is -2.33. The van der Waals surface area contributed by atoms with E-state index >= 15 is 0 Å². The van der Waals surface area contributed by atoms with Crippen LogP contribution < -0.4 is 11.5 Å². The van der Waals surface area contributed by atoms with Crippen molar-refractivity contribution in [3.8, 4) is 0 Å². The van der Waals surface area contributed by atoms with Crippen molar-refractivity contribution in [3.05, 3.63) is 36.0 Å². The zero-order valence-electron chi connectivity index (χ0n) is 14.4. The first-order chi connectivity index (χ1) is 12.2. The van der Waals surface area contributed by atoms with Gasteiger partial charge in [-0.15, -0.1) is 0 Å². The molecule has 2 unspecified atom stereocenters. The predicted octanol–water partition coefficient (Wildman–Crippen LogP) is 1.61. The third-order valence-corrected chi connectivity index (χ3v) is 4.93. The van der Waals surface area contributed by atoms with Gasteiger partial charge in [-0.2, -0.15) is 0 Å². The van der Waals surface area contributed by atoms with Gasteiger partial charge >= 0.3 is 0 Å². The third-order valence-electron chi connectivity index (χ3n) is 4.93. The third kappa shape index (κ3) is 5.45. The van der Waals surface area contributed by atoms with Crippen LogP contribution in [-0.2, 0) is 11.2 Å². The Hall–Kier alpha value is -2.09. The fourth-order valence-corrected chi connectivity index (χ4v) is 3.45. The second-order valence-corrected chi connectivity index (χ2v) is 6.82. The van der Waals surface area contributed by atoms with Crippen LogP contribution in [0, 0.1) is 18.3 Å². The first-order valence-corrected chi connectivity index (χ1v) is 8.62. The lowest BCUT2D eigenvalue weighted by Crippen LogP contribution is -2.37. The molecule has 0 aliphatic heterocycles. The predicted molar refractivity (Wildman–Crippen MR) is 91.0 cm³/mol. The summed E-state index contributed by atoms with van der Waals surface area (Å²) in [5.74, 6) is -4.86. The second kappa shape index (κ2) is 8.53. The molecule has 1 aromatic rings. The Morgan fingerprint density at radius 2 is 2.00 bits per heavy atom. The lowest BCUT2D eigenvalue weighted by molar-refractivity contribution is -0.127. The minimum atomic E-state index is -2.69. The molecule has 143 valence electrons. The summed E-state index contributed by atoms with van der Waals surface area (Å²) >= 11 is 0. The van der Waals surface area contributed by atoms with Crippen molar-refractivity contribution < 1.29 is 23.5 Å². The summed E-state index contributed by atoms with van der Waals surface area (Å²) < 4.78 is 26.6. The molecular formula is C18H24F2N3O3. The van der Waals surface area contributed by atoms with Gasteiger partial charge in [0.2, 0.25) is 11.8 Å². The summed E-state index contributed by atoms with van der Waals surface area (Å²) in [6.07, 6.45) is 2.22. The van der Waals surface area contributed by atoms with E-state index in [4.69, 9.17) is 11.5 Å². The molecule has 8 heteroatoms. The molecule has 0 aromatic carbocycles. The monoisotopic (exact) mass is 368 g/mol. The largest absolute Gasteiger partial charge is 0.393 e. The van der Waals surface area contributed by atoms with Crippen molar-refractivity contribution >= 4 is 11.8 Å². The van der Waals surface area contributed by atoms with Gasteiger partial charge in [0, 0.05) is 25.0 Å². The van der Waals surface area contributed by atoms with Gasteiger partial charge in [-0.1, -0.05) is 6.07 Å². The lowest BCUT2D eigenvalue weighted by atomic mass is 9.76. The van der Waals surface area contributed by atoms with Gasteiger partial charge in [-0.25, -0.2) is 8.78 Å². The fraction of sp³-hybridized carbons (Fsp3) is 0.556. The molecule has 2 rings (SSSR count). The number of aliphatic hydroxyl groups excluding tert-OH is 1. The highest BCUT2D eigenvalue weighted by molar-refractivity contribution is 5.92. The molecular weight excluding hydrogens is 344 g/mol. The number of nitrogens with zero attached hydrogens (tertiary/aromatic N) is 1. The Morgan fingerprint density at radius 3 is 2.58 bits per heavy atom. The Kier molecular flexibility index (Phi) is 6.63. The number of alkyl halides is 2. The molecule has 6 nitrogen and oxygen atoms in total. The van der Waals surface area contributed by atoms with Crippen LogP contribution >= 0.6 is 0 Å². The molecule has 1 heterocycles. The van der Waals surface area contributed by atoms with E-state index in [9.17, 15) is 23.5 Å². The number of hydrogen-bond donors (Lipinski definition) is 3. The SMILES string of the molecule is NC(=O)c1ncccc1C[CH]C(O)CC(C(N)=O)C1CCC(F)(F)CC1. The molecule has 26 heavy (non-hydrogen) atoms. The fourth-order valence-electron chi connectivity index (χ4n) is 3.45. The van der Waals surface area contributed by atoms with Gasteiger partial charge in [0.1, 0.15) is 5.69 Å². The highest BCUT2D eigenvalue weighted by atomic mass is 19.3. The highest BCUT2D eigenvalue weighted by Gasteiger charge is 2.39. The maximum absolute atomic E-state index is 13.3. The standard InChI is InChI=1S/C18H24F2N3O3/c19-18(20)7-5-11(6-8-18)14(16(21)25)10-13(24)4-3-12-2-1-9-23-15(12)17(22)26/h1-2,4,9,11,13-14,24H,3,5-8,10H2,(H2,21,25)(H2,22,26).